The Kier molecular flexibility index (Phi) is 6.62. The summed E-state index contributed by atoms with van der Waals surface area (Å²) in [4.78, 5) is 11.9. The Morgan fingerprint density at radius 2 is 1.86 bits per heavy atom. The molecular weight excluding hydrogens is 271 g/mol. The summed E-state index contributed by atoms with van der Waals surface area (Å²) in [5, 5.41) is 5.97. The van der Waals surface area contributed by atoms with Crippen molar-refractivity contribution in [3.63, 3.8) is 0 Å². The second kappa shape index (κ2) is 7.98. The van der Waals surface area contributed by atoms with Gasteiger partial charge in [0.2, 0.25) is 0 Å². The van der Waals surface area contributed by atoms with E-state index in [4.69, 9.17) is 4.74 Å². The van der Waals surface area contributed by atoms with E-state index >= 15 is 0 Å². The molecule has 118 valence electrons. The van der Waals surface area contributed by atoms with Gasteiger partial charge < -0.3 is 15.4 Å². The van der Waals surface area contributed by atoms with Crippen LogP contribution in [0, 0.1) is 5.82 Å². The van der Waals surface area contributed by atoms with Gasteiger partial charge in [-0.1, -0.05) is 26.0 Å². The van der Waals surface area contributed by atoms with Crippen molar-refractivity contribution in [2.75, 3.05) is 0 Å². The van der Waals surface area contributed by atoms with Gasteiger partial charge in [0.1, 0.15) is 0 Å². The van der Waals surface area contributed by atoms with E-state index in [0.717, 1.165) is 0 Å². The fourth-order valence-corrected chi connectivity index (χ4v) is 1.77. The predicted molar refractivity (Wildman–Crippen MR) is 81.7 cm³/mol. The zero-order valence-corrected chi connectivity index (χ0v) is 13.4. The van der Waals surface area contributed by atoms with Crippen molar-refractivity contribution in [2.24, 2.45) is 0 Å². The number of hydrogen-bond acceptors (Lipinski definition) is 3. The van der Waals surface area contributed by atoms with Crippen LogP contribution in [-0.2, 0) is 11.3 Å². The molecule has 0 heterocycles. The number of nitrogens with one attached hydrogen (secondary N) is 2. The summed E-state index contributed by atoms with van der Waals surface area (Å²) < 4.78 is 19.5. The molecular formula is C16H25FN2O2. The van der Waals surface area contributed by atoms with Gasteiger partial charge in [-0.2, -0.15) is 0 Å². The minimum absolute atomic E-state index is 0.0197. The summed E-state index contributed by atoms with van der Waals surface area (Å²) in [7, 11) is 0. The Hall–Kier alpha value is -1.62. The molecule has 2 N–H and O–H groups in total. The molecule has 0 radical (unpaired) electrons. The van der Waals surface area contributed by atoms with Crippen LogP contribution in [0.2, 0.25) is 0 Å². The number of benzene rings is 1. The molecule has 0 aliphatic rings. The normalized spacial score (nSPS) is 12.6. The Bertz CT molecular complexity index is 475. The molecule has 0 saturated carbocycles. The number of carbonyl (C=O) groups excluding carboxylic acids is 1. The van der Waals surface area contributed by atoms with Crippen LogP contribution in [0.5, 0.6) is 5.75 Å². The highest BCUT2D eigenvalue weighted by Gasteiger charge is 2.19. The first-order chi connectivity index (χ1) is 9.81. The van der Waals surface area contributed by atoms with Crippen LogP contribution in [0.4, 0.5) is 4.39 Å². The van der Waals surface area contributed by atoms with Crippen LogP contribution in [0.15, 0.2) is 18.2 Å². The van der Waals surface area contributed by atoms with Crippen LogP contribution in [-0.4, -0.2) is 24.1 Å². The van der Waals surface area contributed by atoms with E-state index in [1.165, 1.54) is 6.07 Å². The lowest BCUT2D eigenvalue weighted by atomic mass is 10.1. The molecule has 0 aliphatic carbocycles. The third-order valence-corrected chi connectivity index (χ3v) is 2.84. The van der Waals surface area contributed by atoms with Gasteiger partial charge in [0, 0.05) is 24.2 Å². The van der Waals surface area contributed by atoms with Crippen molar-refractivity contribution in [1.82, 2.24) is 10.6 Å². The van der Waals surface area contributed by atoms with Gasteiger partial charge in [-0.05, 0) is 26.8 Å². The maximum atomic E-state index is 14.0. The second-order valence-electron chi connectivity index (χ2n) is 5.69. The third-order valence-electron chi connectivity index (χ3n) is 2.84. The lowest BCUT2D eigenvalue weighted by Crippen LogP contribution is -2.40. The highest BCUT2D eigenvalue weighted by Crippen LogP contribution is 2.24. The summed E-state index contributed by atoms with van der Waals surface area (Å²) >= 11 is 0. The topological polar surface area (TPSA) is 50.4 Å². The molecule has 5 heteroatoms. The van der Waals surface area contributed by atoms with Crippen LogP contribution in [0.3, 0.4) is 0 Å². The summed E-state index contributed by atoms with van der Waals surface area (Å²) in [5.41, 5.74) is 0.702. The lowest BCUT2D eigenvalue weighted by molar-refractivity contribution is -0.127. The Balaban J connectivity index is 2.83. The zero-order chi connectivity index (χ0) is 16.0. The standard InChI is InChI=1S/C16H25FN2O2/c1-10(2)18-9-13-7-6-8-14(17)15(13)21-12(5)16(20)19-11(3)4/h6-8,10-12,18H,9H2,1-5H3,(H,19,20). The number of rotatable bonds is 7. The number of para-hydroxylation sites is 1. The maximum absolute atomic E-state index is 14.0. The van der Waals surface area contributed by atoms with Crippen LogP contribution >= 0.6 is 0 Å². The highest BCUT2D eigenvalue weighted by atomic mass is 19.1. The van der Waals surface area contributed by atoms with E-state index in [0.29, 0.717) is 12.1 Å². The minimum atomic E-state index is -0.748. The maximum Gasteiger partial charge on any atom is 0.260 e. The molecule has 0 aliphatic heterocycles. The van der Waals surface area contributed by atoms with E-state index < -0.39 is 11.9 Å². The number of hydrogen-bond donors (Lipinski definition) is 2. The number of halogens is 1. The van der Waals surface area contributed by atoms with Gasteiger partial charge in [0.05, 0.1) is 0 Å². The van der Waals surface area contributed by atoms with Crippen molar-refractivity contribution in [3.05, 3.63) is 29.6 Å². The Morgan fingerprint density at radius 3 is 2.43 bits per heavy atom. The number of amides is 1. The summed E-state index contributed by atoms with van der Waals surface area (Å²) in [6, 6.07) is 5.06. The molecule has 0 saturated heterocycles. The molecule has 1 atom stereocenters. The molecule has 0 spiro atoms. The first-order valence-corrected chi connectivity index (χ1v) is 7.29. The lowest BCUT2D eigenvalue weighted by Gasteiger charge is -2.19. The van der Waals surface area contributed by atoms with Gasteiger partial charge in [-0.3, -0.25) is 4.79 Å². The quantitative estimate of drug-likeness (QED) is 0.813. The molecule has 1 rings (SSSR count). The monoisotopic (exact) mass is 296 g/mol. The van der Waals surface area contributed by atoms with Gasteiger partial charge in [-0.25, -0.2) is 4.39 Å². The first-order valence-electron chi connectivity index (χ1n) is 7.29. The van der Waals surface area contributed by atoms with Crippen molar-refractivity contribution in [2.45, 2.75) is 59.4 Å². The summed E-state index contributed by atoms with van der Waals surface area (Å²) in [6.45, 7) is 9.86. The molecule has 0 bridgehead atoms. The van der Waals surface area contributed by atoms with Gasteiger partial charge in [-0.15, -0.1) is 0 Å². The van der Waals surface area contributed by atoms with E-state index in [9.17, 15) is 9.18 Å². The molecule has 0 aromatic heterocycles. The molecule has 1 amide bonds. The molecule has 1 aromatic carbocycles. The third kappa shape index (κ3) is 5.71. The van der Waals surface area contributed by atoms with Crippen LogP contribution < -0.4 is 15.4 Å². The summed E-state index contributed by atoms with van der Waals surface area (Å²) in [5.74, 6) is -0.574. The minimum Gasteiger partial charge on any atom is -0.477 e. The van der Waals surface area contributed by atoms with Gasteiger partial charge in [0.25, 0.3) is 5.91 Å². The van der Waals surface area contributed by atoms with Gasteiger partial charge in [0.15, 0.2) is 17.7 Å². The van der Waals surface area contributed by atoms with Crippen molar-refractivity contribution >= 4 is 5.91 Å². The van der Waals surface area contributed by atoms with E-state index in [2.05, 4.69) is 10.6 Å². The van der Waals surface area contributed by atoms with E-state index in [1.54, 1.807) is 19.1 Å². The first kappa shape index (κ1) is 17.4. The second-order valence-corrected chi connectivity index (χ2v) is 5.69. The van der Waals surface area contributed by atoms with Crippen molar-refractivity contribution in [3.8, 4) is 5.75 Å². The fourth-order valence-electron chi connectivity index (χ4n) is 1.77. The Labute approximate surface area is 126 Å². The smallest absolute Gasteiger partial charge is 0.260 e. The SMILES string of the molecule is CC(C)NCc1cccc(F)c1OC(C)C(=O)NC(C)C. The van der Waals surface area contributed by atoms with Crippen LogP contribution in [0.1, 0.15) is 40.2 Å². The van der Waals surface area contributed by atoms with Crippen molar-refractivity contribution < 1.29 is 13.9 Å². The average molecular weight is 296 g/mol. The van der Waals surface area contributed by atoms with Gasteiger partial charge >= 0.3 is 0 Å². The largest absolute Gasteiger partial charge is 0.477 e. The number of carbonyl (C=O) groups is 1. The van der Waals surface area contributed by atoms with Crippen LogP contribution in [0.25, 0.3) is 0 Å². The number of ether oxygens (including phenoxy) is 1. The van der Waals surface area contributed by atoms with E-state index in [-0.39, 0.29) is 23.7 Å². The molecule has 0 fully saturated rings. The highest BCUT2D eigenvalue weighted by molar-refractivity contribution is 5.80. The van der Waals surface area contributed by atoms with E-state index in [1.807, 2.05) is 27.7 Å². The predicted octanol–water partition coefficient (Wildman–Crippen LogP) is 2.62. The summed E-state index contributed by atoms with van der Waals surface area (Å²) in [6.07, 6.45) is -0.748. The Morgan fingerprint density at radius 1 is 1.19 bits per heavy atom. The van der Waals surface area contributed by atoms with Crippen molar-refractivity contribution in [1.29, 1.82) is 0 Å². The molecule has 4 nitrogen and oxygen atoms in total. The molecule has 1 unspecified atom stereocenters. The zero-order valence-electron chi connectivity index (χ0n) is 13.4. The average Bonchev–Trinajstić information content (AvgIpc) is 2.38. The fraction of sp³-hybridized carbons (Fsp3) is 0.562. The molecule has 21 heavy (non-hydrogen) atoms. The molecule has 1 aromatic rings.